The van der Waals surface area contributed by atoms with E-state index in [1.165, 1.54) is 16.1 Å². The van der Waals surface area contributed by atoms with Crippen molar-refractivity contribution < 1.29 is 24.2 Å². The number of nitrogens with zero attached hydrogens (tertiary/aromatic N) is 2. The van der Waals surface area contributed by atoms with Gasteiger partial charge in [0.25, 0.3) is 0 Å². The summed E-state index contributed by atoms with van der Waals surface area (Å²) in [7, 11) is 0. The predicted molar refractivity (Wildman–Crippen MR) is 68.9 cm³/mol. The quantitative estimate of drug-likeness (QED) is 0.849. The lowest BCUT2D eigenvalue weighted by molar-refractivity contribution is -0.141. The first-order chi connectivity index (χ1) is 9.52. The Labute approximate surface area is 116 Å². The Morgan fingerprint density at radius 1 is 1.55 bits per heavy atom. The number of rotatable bonds is 4. The van der Waals surface area contributed by atoms with E-state index < -0.39 is 24.1 Å². The number of urea groups is 1. The van der Waals surface area contributed by atoms with Crippen LogP contribution in [0.5, 0.6) is 0 Å². The number of hydrogen-bond donors (Lipinski definition) is 2. The first-order valence-electron chi connectivity index (χ1n) is 6.51. The van der Waals surface area contributed by atoms with Gasteiger partial charge in [-0.15, -0.1) is 0 Å². The van der Waals surface area contributed by atoms with Crippen LogP contribution in [-0.2, 0) is 11.3 Å². The highest BCUT2D eigenvalue weighted by Crippen LogP contribution is 2.21. The van der Waals surface area contributed by atoms with Crippen LogP contribution in [0.4, 0.5) is 4.79 Å². The fourth-order valence-electron chi connectivity index (χ4n) is 2.35. The van der Waals surface area contributed by atoms with Gasteiger partial charge in [-0.05, 0) is 19.1 Å². The Balaban J connectivity index is 2.09. The molecule has 110 valence electrons. The van der Waals surface area contributed by atoms with Gasteiger partial charge in [0.15, 0.2) is 0 Å². The lowest BCUT2D eigenvalue weighted by Crippen LogP contribution is -2.47. The van der Waals surface area contributed by atoms with E-state index in [0.717, 1.165) is 0 Å². The molecule has 1 aromatic rings. The van der Waals surface area contributed by atoms with Crippen molar-refractivity contribution in [1.82, 2.24) is 9.80 Å². The minimum Gasteiger partial charge on any atom is -0.480 e. The first-order valence-corrected chi connectivity index (χ1v) is 6.51. The van der Waals surface area contributed by atoms with Crippen molar-refractivity contribution in [2.45, 2.75) is 32.0 Å². The van der Waals surface area contributed by atoms with Crippen LogP contribution in [0.3, 0.4) is 0 Å². The molecule has 1 saturated heterocycles. The van der Waals surface area contributed by atoms with E-state index >= 15 is 0 Å². The largest absolute Gasteiger partial charge is 0.480 e. The van der Waals surface area contributed by atoms with E-state index in [0.29, 0.717) is 12.3 Å². The highest BCUT2D eigenvalue weighted by molar-refractivity contribution is 5.83. The molecule has 2 amide bonds. The van der Waals surface area contributed by atoms with E-state index in [-0.39, 0.29) is 19.5 Å². The number of likely N-dealkylation sites (tertiary alicyclic amines) is 1. The molecule has 0 unspecified atom stereocenters. The minimum absolute atomic E-state index is 0.0461. The number of furan rings is 1. The molecule has 1 aliphatic rings. The monoisotopic (exact) mass is 282 g/mol. The summed E-state index contributed by atoms with van der Waals surface area (Å²) in [4.78, 5) is 26.2. The summed E-state index contributed by atoms with van der Waals surface area (Å²) < 4.78 is 5.20. The smallest absolute Gasteiger partial charge is 0.326 e. The molecule has 2 heterocycles. The van der Waals surface area contributed by atoms with E-state index in [4.69, 9.17) is 9.52 Å². The maximum absolute atomic E-state index is 12.4. The maximum Gasteiger partial charge on any atom is 0.326 e. The van der Waals surface area contributed by atoms with E-state index in [2.05, 4.69) is 0 Å². The van der Waals surface area contributed by atoms with Gasteiger partial charge in [-0.25, -0.2) is 9.59 Å². The molecule has 7 nitrogen and oxygen atoms in total. The van der Waals surface area contributed by atoms with Gasteiger partial charge >= 0.3 is 12.0 Å². The van der Waals surface area contributed by atoms with E-state index in [9.17, 15) is 14.7 Å². The zero-order valence-electron chi connectivity index (χ0n) is 11.2. The van der Waals surface area contributed by atoms with Crippen molar-refractivity contribution in [3.8, 4) is 0 Å². The average Bonchev–Trinajstić information content (AvgIpc) is 3.04. The number of aliphatic hydroxyl groups is 1. The molecule has 0 bridgehead atoms. The van der Waals surface area contributed by atoms with Crippen LogP contribution < -0.4 is 0 Å². The summed E-state index contributed by atoms with van der Waals surface area (Å²) in [5, 5.41) is 18.7. The number of carbonyl (C=O) groups is 2. The summed E-state index contributed by atoms with van der Waals surface area (Å²) in [6.07, 6.45) is 0.800. The number of hydrogen-bond acceptors (Lipinski definition) is 4. The van der Waals surface area contributed by atoms with Crippen LogP contribution in [0, 0.1) is 0 Å². The molecule has 0 radical (unpaired) electrons. The van der Waals surface area contributed by atoms with Gasteiger partial charge in [-0.3, -0.25) is 0 Å². The zero-order chi connectivity index (χ0) is 14.7. The fourth-order valence-corrected chi connectivity index (χ4v) is 2.35. The average molecular weight is 282 g/mol. The summed E-state index contributed by atoms with van der Waals surface area (Å²) in [6.45, 7) is 2.56. The van der Waals surface area contributed by atoms with Gasteiger partial charge in [-0.1, -0.05) is 0 Å². The van der Waals surface area contributed by atoms with Crippen molar-refractivity contribution in [2.24, 2.45) is 0 Å². The molecular formula is C13H18N2O5. The fraction of sp³-hybridized carbons (Fsp3) is 0.538. The van der Waals surface area contributed by atoms with Gasteiger partial charge < -0.3 is 24.4 Å². The Morgan fingerprint density at radius 2 is 2.30 bits per heavy atom. The molecule has 0 aromatic carbocycles. The minimum atomic E-state index is -1.09. The van der Waals surface area contributed by atoms with Gasteiger partial charge in [0.2, 0.25) is 0 Å². The Hall–Kier alpha value is -2.02. The van der Waals surface area contributed by atoms with E-state index in [1.54, 1.807) is 12.1 Å². The SMILES string of the molecule is CCN(Cc1ccco1)C(=O)N1C[C@H](O)C[C@@H]1C(=O)O. The molecular weight excluding hydrogens is 264 g/mol. The summed E-state index contributed by atoms with van der Waals surface area (Å²) in [5.74, 6) is -0.462. The summed E-state index contributed by atoms with van der Waals surface area (Å²) in [5.41, 5.74) is 0. The van der Waals surface area contributed by atoms with Crippen molar-refractivity contribution in [1.29, 1.82) is 0 Å². The molecule has 0 spiro atoms. The highest BCUT2D eigenvalue weighted by atomic mass is 16.4. The summed E-state index contributed by atoms with van der Waals surface area (Å²) in [6, 6.07) is 2.12. The molecule has 7 heteroatoms. The Bertz CT molecular complexity index is 473. The molecule has 2 atom stereocenters. The topological polar surface area (TPSA) is 94.2 Å². The van der Waals surface area contributed by atoms with Crippen molar-refractivity contribution >= 4 is 12.0 Å². The number of carboxylic acids is 1. The third kappa shape index (κ3) is 2.93. The van der Waals surface area contributed by atoms with Crippen LogP contribution in [0.25, 0.3) is 0 Å². The molecule has 1 aromatic heterocycles. The standard InChI is InChI=1S/C13H18N2O5/c1-2-14(8-10-4-3-5-20-10)13(19)15-7-9(16)6-11(15)12(17)18/h3-5,9,11,16H,2,6-8H2,1H3,(H,17,18)/t9-,11-/m1/s1. The molecule has 1 fully saturated rings. The number of amides is 2. The molecule has 0 aliphatic carbocycles. The second kappa shape index (κ2) is 5.96. The van der Waals surface area contributed by atoms with Gasteiger partial charge in [0, 0.05) is 19.5 Å². The van der Waals surface area contributed by atoms with Crippen LogP contribution in [0.1, 0.15) is 19.1 Å². The number of aliphatic hydroxyl groups excluding tert-OH is 1. The molecule has 1 aliphatic heterocycles. The Kier molecular flexibility index (Phi) is 4.29. The zero-order valence-corrected chi connectivity index (χ0v) is 11.2. The van der Waals surface area contributed by atoms with Crippen LogP contribution in [-0.4, -0.2) is 57.2 Å². The van der Waals surface area contributed by atoms with E-state index in [1.807, 2.05) is 6.92 Å². The third-order valence-electron chi connectivity index (χ3n) is 3.39. The van der Waals surface area contributed by atoms with Gasteiger partial charge in [0.05, 0.1) is 18.9 Å². The van der Waals surface area contributed by atoms with Crippen molar-refractivity contribution in [2.75, 3.05) is 13.1 Å². The second-order valence-corrected chi connectivity index (χ2v) is 4.77. The third-order valence-corrected chi connectivity index (χ3v) is 3.39. The lowest BCUT2D eigenvalue weighted by Gasteiger charge is -2.28. The molecule has 20 heavy (non-hydrogen) atoms. The molecule has 0 saturated carbocycles. The highest BCUT2D eigenvalue weighted by Gasteiger charge is 2.40. The number of β-amino-alcohol motifs (C(OH)–C–C–N with tert-alkyl or cyclic N) is 1. The number of aliphatic carboxylic acids is 1. The van der Waals surface area contributed by atoms with Gasteiger partial charge in [0.1, 0.15) is 11.8 Å². The second-order valence-electron chi connectivity index (χ2n) is 4.77. The normalized spacial score (nSPS) is 22.0. The number of carbonyl (C=O) groups excluding carboxylic acids is 1. The van der Waals surface area contributed by atoms with Crippen molar-refractivity contribution in [3.05, 3.63) is 24.2 Å². The van der Waals surface area contributed by atoms with Crippen LogP contribution >= 0.6 is 0 Å². The maximum atomic E-state index is 12.4. The lowest BCUT2D eigenvalue weighted by atomic mass is 10.2. The number of carboxylic acid groups (broad SMARTS) is 1. The molecule has 2 rings (SSSR count). The van der Waals surface area contributed by atoms with Gasteiger partial charge in [-0.2, -0.15) is 0 Å². The molecule has 2 N–H and O–H groups in total. The Morgan fingerprint density at radius 3 is 2.85 bits per heavy atom. The summed E-state index contributed by atoms with van der Waals surface area (Å²) >= 11 is 0. The van der Waals surface area contributed by atoms with Crippen LogP contribution in [0.15, 0.2) is 22.8 Å². The first kappa shape index (κ1) is 14.4. The van der Waals surface area contributed by atoms with Crippen molar-refractivity contribution in [3.63, 3.8) is 0 Å². The van der Waals surface area contributed by atoms with Crippen LogP contribution in [0.2, 0.25) is 0 Å². The predicted octanol–water partition coefficient (Wildman–Crippen LogP) is 0.741.